The molecule has 0 fully saturated rings. The van der Waals surface area contributed by atoms with Crippen molar-refractivity contribution < 1.29 is 28.9 Å². The van der Waals surface area contributed by atoms with Crippen LogP contribution in [0.3, 0.4) is 0 Å². The van der Waals surface area contributed by atoms with E-state index in [1.54, 1.807) is 24.3 Å². The zero-order valence-electron chi connectivity index (χ0n) is 22.1. The Hall–Kier alpha value is -4.49. The van der Waals surface area contributed by atoms with Gasteiger partial charge in [-0.25, -0.2) is 9.18 Å². The van der Waals surface area contributed by atoms with Crippen molar-refractivity contribution in [1.82, 2.24) is 4.90 Å². The van der Waals surface area contributed by atoms with Crippen molar-refractivity contribution in [2.45, 2.75) is 39.0 Å². The summed E-state index contributed by atoms with van der Waals surface area (Å²) in [4.78, 5) is 24.4. The second-order valence-corrected chi connectivity index (χ2v) is 9.65. The van der Waals surface area contributed by atoms with Crippen LogP contribution in [0.2, 0.25) is 0 Å². The molecule has 0 heterocycles. The highest BCUT2D eigenvalue weighted by atomic mass is 19.1. The van der Waals surface area contributed by atoms with Gasteiger partial charge >= 0.3 is 11.9 Å². The van der Waals surface area contributed by atoms with Gasteiger partial charge < -0.3 is 14.9 Å². The van der Waals surface area contributed by atoms with Crippen LogP contribution in [0.15, 0.2) is 97.1 Å². The molecule has 4 aromatic carbocycles. The molecule has 0 aliphatic carbocycles. The van der Waals surface area contributed by atoms with E-state index in [1.165, 1.54) is 12.1 Å². The van der Waals surface area contributed by atoms with Crippen LogP contribution in [0.25, 0.3) is 11.1 Å². The van der Waals surface area contributed by atoms with Gasteiger partial charge in [0.25, 0.3) is 0 Å². The van der Waals surface area contributed by atoms with Gasteiger partial charge in [-0.2, -0.15) is 0 Å². The maximum atomic E-state index is 13.2. The zero-order valence-corrected chi connectivity index (χ0v) is 22.1. The molecule has 206 valence electrons. The highest BCUT2D eigenvalue weighted by molar-refractivity contribution is 5.87. The van der Waals surface area contributed by atoms with E-state index in [9.17, 15) is 19.1 Å². The lowest BCUT2D eigenvalue weighted by molar-refractivity contribution is -0.137. The quantitative estimate of drug-likeness (QED) is 0.167. The minimum atomic E-state index is -0.962. The maximum absolute atomic E-state index is 13.2. The van der Waals surface area contributed by atoms with E-state index < -0.39 is 11.9 Å². The van der Waals surface area contributed by atoms with Crippen LogP contribution in [-0.4, -0.2) is 33.6 Å². The number of nitrogens with zero attached hydrogens (tertiary/aromatic N) is 1. The first-order valence-electron chi connectivity index (χ1n) is 13.2. The average Bonchev–Trinajstić information content (AvgIpc) is 2.96. The molecule has 0 atom stereocenters. The lowest BCUT2D eigenvalue weighted by atomic mass is 10.1. The van der Waals surface area contributed by atoms with Crippen LogP contribution in [0.1, 0.15) is 46.3 Å². The van der Waals surface area contributed by atoms with E-state index >= 15 is 0 Å². The fourth-order valence-corrected chi connectivity index (χ4v) is 4.48. The first-order valence-corrected chi connectivity index (χ1v) is 13.2. The van der Waals surface area contributed by atoms with Crippen molar-refractivity contribution >= 4 is 11.9 Å². The molecule has 4 rings (SSSR count). The molecule has 0 amide bonds. The molecule has 0 radical (unpaired) electrons. The summed E-state index contributed by atoms with van der Waals surface area (Å²) < 4.78 is 19.3. The van der Waals surface area contributed by atoms with E-state index in [0.29, 0.717) is 32.7 Å². The number of halogens is 1. The summed E-state index contributed by atoms with van der Waals surface area (Å²) in [5.41, 5.74) is 5.28. The van der Waals surface area contributed by atoms with Gasteiger partial charge in [0, 0.05) is 19.5 Å². The van der Waals surface area contributed by atoms with Crippen molar-refractivity contribution in [3.8, 4) is 16.9 Å². The van der Waals surface area contributed by atoms with Gasteiger partial charge in [0.05, 0.1) is 5.56 Å². The zero-order chi connectivity index (χ0) is 28.3. The third kappa shape index (κ3) is 8.51. The highest BCUT2D eigenvalue weighted by Gasteiger charge is 2.12. The molecule has 0 aromatic heterocycles. The molecule has 40 heavy (non-hydrogen) atoms. The third-order valence-corrected chi connectivity index (χ3v) is 6.66. The standard InChI is InChI=1S/C33H32FNO5/c34-30-16-12-25(13-17-30)26-14-18-31(19-15-26)40-23-29-6-2-1-5-28(29)22-35(20-4-3-7-32(36)37)21-24-8-10-27(11-9-24)33(38)39/h1-2,5-6,8-19H,3-4,7,20-23H2,(H,36,37)(H,38,39). The number of hydrogen-bond donors (Lipinski definition) is 2. The summed E-state index contributed by atoms with van der Waals surface area (Å²) in [5, 5.41) is 18.2. The number of carboxylic acid groups (broad SMARTS) is 2. The number of hydrogen-bond acceptors (Lipinski definition) is 4. The van der Waals surface area contributed by atoms with E-state index in [0.717, 1.165) is 40.0 Å². The van der Waals surface area contributed by atoms with Crippen LogP contribution in [-0.2, 0) is 24.5 Å². The predicted octanol–water partition coefficient (Wildman–Crippen LogP) is 7.03. The summed E-state index contributed by atoms with van der Waals surface area (Å²) in [7, 11) is 0. The summed E-state index contributed by atoms with van der Waals surface area (Å²) in [6, 6.07) is 29.0. The summed E-state index contributed by atoms with van der Waals surface area (Å²) in [6.45, 7) is 2.32. The summed E-state index contributed by atoms with van der Waals surface area (Å²) in [5.74, 6) is -1.30. The van der Waals surface area contributed by atoms with Crippen LogP contribution in [0, 0.1) is 5.82 Å². The van der Waals surface area contributed by atoms with Crippen LogP contribution < -0.4 is 4.74 Å². The number of carbonyl (C=O) groups is 2. The van der Waals surface area contributed by atoms with Crippen LogP contribution >= 0.6 is 0 Å². The lowest BCUT2D eigenvalue weighted by Gasteiger charge is -2.24. The molecule has 0 unspecified atom stereocenters. The SMILES string of the molecule is O=C(O)CCCCN(Cc1ccc(C(=O)O)cc1)Cc1ccccc1COc1ccc(-c2ccc(F)cc2)cc1. The van der Waals surface area contributed by atoms with Crippen LogP contribution in [0.5, 0.6) is 5.75 Å². The first-order chi connectivity index (χ1) is 19.4. The van der Waals surface area contributed by atoms with Gasteiger partial charge in [-0.3, -0.25) is 9.69 Å². The van der Waals surface area contributed by atoms with Gasteiger partial charge in [0.15, 0.2) is 0 Å². The lowest BCUT2D eigenvalue weighted by Crippen LogP contribution is -2.25. The molecule has 6 nitrogen and oxygen atoms in total. The topological polar surface area (TPSA) is 87.1 Å². The Bertz CT molecular complexity index is 1400. The van der Waals surface area contributed by atoms with Crippen molar-refractivity contribution in [1.29, 1.82) is 0 Å². The van der Waals surface area contributed by atoms with Crippen LogP contribution in [0.4, 0.5) is 4.39 Å². The van der Waals surface area contributed by atoms with E-state index in [-0.39, 0.29) is 17.8 Å². The Morgan fingerprint density at radius 3 is 1.98 bits per heavy atom. The van der Waals surface area contributed by atoms with E-state index in [1.807, 2.05) is 54.6 Å². The molecule has 0 aliphatic rings. The Morgan fingerprint density at radius 1 is 0.725 bits per heavy atom. The molecular formula is C33H32FNO5. The van der Waals surface area contributed by atoms with Gasteiger partial charge in [-0.15, -0.1) is 0 Å². The number of aliphatic carboxylic acids is 1. The monoisotopic (exact) mass is 541 g/mol. The van der Waals surface area contributed by atoms with Gasteiger partial charge in [0.1, 0.15) is 18.2 Å². The summed E-state index contributed by atoms with van der Waals surface area (Å²) >= 11 is 0. The van der Waals surface area contributed by atoms with Crippen molar-refractivity contribution in [2.75, 3.05) is 6.54 Å². The van der Waals surface area contributed by atoms with E-state index in [2.05, 4.69) is 11.0 Å². The number of rotatable bonds is 14. The van der Waals surface area contributed by atoms with Crippen molar-refractivity contribution in [2.24, 2.45) is 0 Å². The minimum absolute atomic E-state index is 0.130. The van der Waals surface area contributed by atoms with Crippen molar-refractivity contribution in [3.63, 3.8) is 0 Å². The Balaban J connectivity index is 1.42. The molecule has 7 heteroatoms. The smallest absolute Gasteiger partial charge is 0.335 e. The number of aromatic carboxylic acids is 1. The predicted molar refractivity (Wildman–Crippen MR) is 152 cm³/mol. The summed E-state index contributed by atoms with van der Waals surface area (Å²) in [6.07, 6.45) is 1.45. The molecule has 2 N–H and O–H groups in total. The Labute approximate surface area is 233 Å². The maximum Gasteiger partial charge on any atom is 0.335 e. The fraction of sp³-hybridized carbons (Fsp3) is 0.212. The van der Waals surface area contributed by atoms with Gasteiger partial charge in [0.2, 0.25) is 0 Å². The molecule has 0 saturated heterocycles. The Kier molecular flexibility index (Phi) is 10.0. The number of ether oxygens (including phenoxy) is 1. The number of carboxylic acids is 2. The van der Waals surface area contributed by atoms with E-state index in [4.69, 9.17) is 9.84 Å². The fourth-order valence-electron chi connectivity index (χ4n) is 4.48. The minimum Gasteiger partial charge on any atom is -0.489 e. The normalized spacial score (nSPS) is 10.9. The van der Waals surface area contributed by atoms with Gasteiger partial charge in [-0.1, -0.05) is 60.7 Å². The van der Waals surface area contributed by atoms with Crippen molar-refractivity contribution in [3.05, 3.63) is 125 Å². The molecular weight excluding hydrogens is 509 g/mol. The molecule has 0 spiro atoms. The Morgan fingerprint density at radius 2 is 1.35 bits per heavy atom. The third-order valence-electron chi connectivity index (χ3n) is 6.66. The highest BCUT2D eigenvalue weighted by Crippen LogP contribution is 2.24. The van der Waals surface area contributed by atoms with Gasteiger partial charge in [-0.05, 0) is 83.6 Å². The first kappa shape index (κ1) is 28.5. The molecule has 0 aliphatic heterocycles. The number of unbranched alkanes of at least 4 members (excludes halogenated alkanes) is 1. The largest absolute Gasteiger partial charge is 0.489 e. The molecule has 0 saturated carbocycles. The number of benzene rings is 4. The second-order valence-electron chi connectivity index (χ2n) is 9.65. The molecule has 4 aromatic rings. The second kappa shape index (κ2) is 14.1. The molecule has 0 bridgehead atoms. The average molecular weight is 542 g/mol.